The molecule has 0 saturated heterocycles. The Labute approximate surface area is 123 Å². The molecule has 2 aromatic carbocycles. The molecule has 0 radical (unpaired) electrons. The summed E-state index contributed by atoms with van der Waals surface area (Å²) in [4.78, 5) is 4.56. The standard InChI is InChI=1S/C17H19N3O/c1-17(2,3)10-4-7-15-14(8-10)20-16(21-15)12-9-11(18)5-6-13(12)19/h4-9H,18-19H2,1-3H3. The highest BCUT2D eigenvalue weighted by Crippen LogP contribution is 2.32. The average molecular weight is 281 g/mol. The van der Waals surface area contributed by atoms with Gasteiger partial charge in [0.05, 0.1) is 5.56 Å². The third-order valence-electron chi connectivity index (χ3n) is 3.56. The normalized spacial score (nSPS) is 12.0. The van der Waals surface area contributed by atoms with Crippen LogP contribution in [0.2, 0.25) is 0 Å². The molecule has 0 fully saturated rings. The summed E-state index contributed by atoms with van der Waals surface area (Å²) in [5.41, 5.74) is 16.6. The van der Waals surface area contributed by atoms with Crippen LogP contribution in [-0.4, -0.2) is 4.98 Å². The smallest absolute Gasteiger partial charge is 0.229 e. The molecule has 4 N–H and O–H groups in total. The summed E-state index contributed by atoms with van der Waals surface area (Å²) in [6.07, 6.45) is 0. The highest BCUT2D eigenvalue weighted by atomic mass is 16.3. The molecule has 1 aromatic heterocycles. The van der Waals surface area contributed by atoms with Crippen LogP contribution in [0.1, 0.15) is 26.3 Å². The summed E-state index contributed by atoms with van der Waals surface area (Å²) in [5.74, 6) is 0.501. The summed E-state index contributed by atoms with van der Waals surface area (Å²) >= 11 is 0. The summed E-state index contributed by atoms with van der Waals surface area (Å²) in [6.45, 7) is 6.52. The third-order valence-corrected chi connectivity index (χ3v) is 3.56. The summed E-state index contributed by atoms with van der Waals surface area (Å²) in [7, 11) is 0. The minimum atomic E-state index is 0.0729. The van der Waals surface area contributed by atoms with Crippen LogP contribution in [0.5, 0.6) is 0 Å². The van der Waals surface area contributed by atoms with E-state index in [2.05, 4.69) is 37.9 Å². The molecule has 108 valence electrons. The lowest BCUT2D eigenvalue weighted by Gasteiger charge is -2.18. The van der Waals surface area contributed by atoms with Gasteiger partial charge in [-0.2, -0.15) is 0 Å². The van der Waals surface area contributed by atoms with E-state index in [1.807, 2.05) is 6.07 Å². The number of nitrogen functional groups attached to an aromatic ring is 2. The first-order valence-corrected chi connectivity index (χ1v) is 6.91. The lowest BCUT2D eigenvalue weighted by molar-refractivity contribution is 0.590. The maximum absolute atomic E-state index is 5.99. The number of hydrogen-bond acceptors (Lipinski definition) is 4. The quantitative estimate of drug-likeness (QED) is 0.662. The molecule has 0 unspecified atom stereocenters. The molecule has 3 aromatic rings. The number of fused-ring (bicyclic) bond motifs is 1. The molecular formula is C17H19N3O. The van der Waals surface area contributed by atoms with Crippen molar-refractivity contribution >= 4 is 22.5 Å². The molecule has 1 heterocycles. The fraction of sp³-hybridized carbons (Fsp3) is 0.235. The highest BCUT2D eigenvalue weighted by molar-refractivity contribution is 5.81. The maximum atomic E-state index is 5.99. The number of aromatic nitrogens is 1. The molecule has 0 aliphatic heterocycles. The monoisotopic (exact) mass is 281 g/mol. The van der Waals surface area contributed by atoms with E-state index < -0.39 is 0 Å². The first-order chi connectivity index (χ1) is 9.84. The number of oxazole rings is 1. The van der Waals surface area contributed by atoms with Crippen molar-refractivity contribution in [3.05, 3.63) is 42.0 Å². The van der Waals surface area contributed by atoms with E-state index in [1.54, 1.807) is 18.2 Å². The predicted octanol–water partition coefficient (Wildman–Crippen LogP) is 3.96. The number of nitrogens with two attached hydrogens (primary N) is 2. The largest absolute Gasteiger partial charge is 0.436 e. The minimum Gasteiger partial charge on any atom is -0.436 e. The van der Waals surface area contributed by atoms with Gasteiger partial charge in [0.25, 0.3) is 0 Å². The van der Waals surface area contributed by atoms with E-state index in [1.165, 1.54) is 5.56 Å². The molecule has 0 saturated carbocycles. The zero-order chi connectivity index (χ0) is 15.2. The number of benzene rings is 2. The van der Waals surface area contributed by atoms with Gasteiger partial charge in [0, 0.05) is 11.4 Å². The van der Waals surface area contributed by atoms with Crippen molar-refractivity contribution in [2.45, 2.75) is 26.2 Å². The first-order valence-electron chi connectivity index (χ1n) is 6.91. The Balaban J connectivity index is 2.15. The van der Waals surface area contributed by atoms with Crippen LogP contribution in [0.3, 0.4) is 0 Å². The molecular weight excluding hydrogens is 262 g/mol. The fourth-order valence-corrected chi connectivity index (χ4v) is 2.27. The summed E-state index contributed by atoms with van der Waals surface area (Å²) < 4.78 is 5.81. The van der Waals surface area contributed by atoms with Crippen molar-refractivity contribution in [1.82, 2.24) is 4.98 Å². The van der Waals surface area contributed by atoms with Crippen molar-refractivity contribution < 1.29 is 4.42 Å². The molecule has 0 amide bonds. The van der Waals surface area contributed by atoms with Gasteiger partial charge in [-0.05, 0) is 41.3 Å². The van der Waals surface area contributed by atoms with Gasteiger partial charge in [0.2, 0.25) is 5.89 Å². The Morgan fingerprint density at radius 1 is 1.00 bits per heavy atom. The number of anilines is 2. The Bertz CT molecular complexity index is 813. The lowest BCUT2D eigenvalue weighted by atomic mass is 9.87. The fourth-order valence-electron chi connectivity index (χ4n) is 2.27. The van der Waals surface area contributed by atoms with Gasteiger partial charge in [-0.25, -0.2) is 4.98 Å². The molecule has 0 bridgehead atoms. The first kappa shape index (κ1) is 13.5. The molecule has 4 heteroatoms. The molecule has 0 atom stereocenters. The van der Waals surface area contributed by atoms with Crippen LogP contribution in [0.4, 0.5) is 11.4 Å². The second-order valence-electron chi connectivity index (χ2n) is 6.30. The van der Waals surface area contributed by atoms with E-state index >= 15 is 0 Å². The molecule has 0 aliphatic carbocycles. The highest BCUT2D eigenvalue weighted by Gasteiger charge is 2.17. The average Bonchev–Trinajstić information content (AvgIpc) is 2.83. The van der Waals surface area contributed by atoms with Gasteiger partial charge in [0.15, 0.2) is 5.58 Å². The molecule has 3 rings (SSSR count). The van der Waals surface area contributed by atoms with Crippen molar-refractivity contribution in [3.8, 4) is 11.5 Å². The van der Waals surface area contributed by atoms with Crippen LogP contribution < -0.4 is 11.5 Å². The van der Waals surface area contributed by atoms with Gasteiger partial charge in [0.1, 0.15) is 5.52 Å². The van der Waals surface area contributed by atoms with Crippen molar-refractivity contribution in [2.24, 2.45) is 0 Å². The van der Waals surface area contributed by atoms with E-state index in [0.29, 0.717) is 17.3 Å². The SMILES string of the molecule is CC(C)(C)c1ccc2oc(-c3cc(N)ccc3N)nc2c1. The number of rotatable bonds is 1. The zero-order valence-corrected chi connectivity index (χ0v) is 12.5. The topological polar surface area (TPSA) is 78.1 Å². The minimum absolute atomic E-state index is 0.0729. The maximum Gasteiger partial charge on any atom is 0.229 e. The van der Waals surface area contributed by atoms with E-state index in [0.717, 1.165) is 16.7 Å². The van der Waals surface area contributed by atoms with Crippen molar-refractivity contribution in [2.75, 3.05) is 11.5 Å². The third kappa shape index (κ3) is 2.44. The summed E-state index contributed by atoms with van der Waals surface area (Å²) in [5, 5.41) is 0. The zero-order valence-electron chi connectivity index (χ0n) is 12.5. The van der Waals surface area contributed by atoms with Crippen LogP contribution in [0.15, 0.2) is 40.8 Å². The van der Waals surface area contributed by atoms with Crippen LogP contribution in [0, 0.1) is 0 Å². The lowest BCUT2D eigenvalue weighted by Crippen LogP contribution is -2.10. The molecule has 21 heavy (non-hydrogen) atoms. The van der Waals surface area contributed by atoms with Crippen LogP contribution in [0.25, 0.3) is 22.6 Å². The van der Waals surface area contributed by atoms with E-state index in [9.17, 15) is 0 Å². The van der Waals surface area contributed by atoms with E-state index in [4.69, 9.17) is 15.9 Å². The van der Waals surface area contributed by atoms with Crippen LogP contribution in [-0.2, 0) is 5.41 Å². The van der Waals surface area contributed by atoms with Gasteiger partial charge in [-0.15, -0.1) is 0 Å². The predicted molar refractivity (Wildman–Crippen MR) is 87.0 cm³/mol. The summed E-state index contributed by atoms with van der Waals surface area (Å²) in [6, 6.07) is 11.4. The Hall–Kier alpha value is -2.49. The van der Waals surface area contributed by atoms with Crippen LogP contribution >= 0.6 is 0 Å². The van der Waals surface area contributed by atoms with Crippen molar-refractivity contribution in [3.63, 3.8) is 0 Å². The number of nitrogens with zero attached hydrogens (tertiary/aromatic N) is 1. The molecule has 0 spiro atoms. The second kappa shape index (κ2) is 4.52. The van der Waals surface area contributed by atoms with Gasteiger partial charge >= 0.3 is 0 Å². The Kier molecular flexibility index (Phi) is 2.90. The molecule has 0 aliphatic rings. The Morgan fingerprint density at radius 3 is 2.48 bits per heavy atom. The van der Waals surface area contributed by atoms with Gasteiger partial charge in [-0.3, -0.25) is 0 Å². The molecule has 4 nitrogen and oxygen atoms in total. The van der Waals surface area contributed by atoms with E-state index in [-0.39, 0.29) is 5.41 Å². The van der Waals surface area contributed by atoms with Crippen molar-refractivity contribution in [1.29, 1.82) is 0 Å². The Morgan fingerprint density at radius 2 is 1.76 bits per heavy atom. The van der Waals surface area contributed by atoms with Gasteiger partial charge in [-0.1, -0.05) is 26.8 Å². The number of hydrogen-bond donors (Lipinski definition) is 2. The second-order valence-corrected chi connectivity index (χ2v) is 6.30. The van der Waals surface area contributed by atoms with Gasteiger partial charge < -0.3 is 15.9 Å².